The van der Waals surface area contributed by atoms with Gasteiger partial charge in [0.2, 0.25) is 0 Å². The molecule has 3 heteroatoms. The number of rotatable bonds is 6. The summed E-state index contributed by atoms with van der Waals surface area (Å²) >= 11 is 0. The Labute approximate surface area is 93.2 Å². The van der Waals surface area contributed by atoms with Crippen LogP contribution in [0, 0.1) is 0 Å². The van der Waals surface area contributed by atoms with Crippen LogP contribution in [0.2, 0.25) is 0 Å². The molecule has 0 aromatic heterocycles. The summed E-state index contributed by atoms with van der Waals surface area (Å²) in [5.41, 5.74) is 0.582. The maximum Gasteiger partial charge on any atom is 0.293 e. The van der Waals surface area contributed by atoms with Gasteiger partial charge < -0.3 is 0 Å². The predicted molar refractivity (Wildman–Crippen MR) is 64.0 cm³/mol. The number of likely N-dealkylation sites (N-methyl/N-ethyl adjacent to an activating group) is 1. The molecule has 0 aliphatic rings. The lowest BCUT2D eigenvalue weighted by molar-refractivity contribution is -0.985. The maximum absolute atomic E-state index is 11.9. The summed E-state index contributed by atoms with van der Waals surface area (Å²) in [6.07, 6.45) is 2.77. The maximum atomic E-state index is 11.9. The zero-order valence-electron chi connectivity index (χ0n) is 10.4. The van der Waals surface area contributed by atoms with E-state index in [2.05, 4.69) is 20.1 Å². The van der Waals surface area contributed by atoms with Gasteiger partial charge in [-0.05, 0) is 19.4 Å². The Hall–Kier alpha value is -1.09. The molecule has 0 aliphatic carbocycles. The van der Waals surface area contributed by atoms with Crippen molar-refractivity contribution in [2.24, 2.45) is 0 Å². The van der Waals surface area contributed by atoms with Gasteiger partial charge in [-0.2, -0.15) is 5.01 Å². The van der Waals surface area contributed by atoms with Gasteiger partial charge in [0.15, 0.2) is 0 Å². The van der Waals surface area contributed by atoms with E-state index in [-0.39, 0.29) is 5.91 Å². The van der Waals surface area contributed by atoms with Crippen LogP contribution in [0.5, 0.6) is 0 Å². The second-order valence-corrected chi connectivity index (χ2v) is 4.30. The zero-order valence-corrected chi connectivity index (χ0v) is 10.4. The molecule has 0 saturated heterocycles. The number of hydrogen-bond acceptors (Lipinski definition) is 1. The van der Waals surface area contributed by atoms with E-state index >= 15 is 0 Å². The Balaban J connectivity index is 4.86. The quantitative estimate of drug-likeness (QED) is 0.285. The van der Waals surface area contributed by atoms with Crippen molar-refractivity contribution in [3.63, 3.8) is 0 Å². The molecule has 0 rings (SSSR count). The minimum Gasteiger partial charge on any atom is -0.264 e. The SMILES string of the molecule is C=CC[N+](C)(C)N(CCC)C(=O)C(=C)C. The van der Waals surface area contributed by atoms with Crippen LogP contribution in [0.1, 0.15) is 20.3 Å². The Morgan fingerprint density at radius 1 is 1.47 bits per heavy atom. The van der Waals surface area contributed by atoms with E-state index in [4.69, 9.17) is 0 Å². The van der Waals surface area contributed by atoms with E-state index in [9.17, 15) is 4.79 Å². The Morgan fingerprint density at radius 3 is 2.33 bits per heavy atom. The molecular formula is C12H23N2O+. The van der Waals surface area contributed by atoms with Gasteiger partial charge in [-0.1, -0.05) is 20.1 Å². The van der Waals surface area contributed by atoms with Crippen LogP contribution in [0.3, 0.4) is 0 Å². The molecule has 1 amide bonds. The van der Waals surface area contributed by atoms with Gasteiger partial charge in [-0.25, -0.2) is 4.59 Å². The van der Waals surface area contributed by atoms with Crippen molar-refractivity contribution in [3.8, 4) is 0 Å². The first kappa shape index (κ1) is 13.9. The molecule has 15 heavy (non-hydrogen) atoms. The van der Waals surface area contributed by atoms with Crippen molar-refractivity contribution in [3.05, 3.63) is 24.8 Å². The van der Waals surface area contributed by atoms with Gasteiger partial charge >= 0.3 is 0 Å². The summed E-state index contributed by atoms with van der Waals surface area (Å²) in [7, 11) is 4.00. The van der Waals surface area contributed by atoms with E-state index in [0.29, 0.717) is 10.2 Å². The van der Waals surface area contributed by atoms with Gasteiger partial charge in [-0.15, -0.1) is 0 Å². The first-order valence-corrected chi connectivity index (χ1v) is 5.28. The highest BCUT2D eigenvalue weighted by Gasteiger charge is 2.29. The fraction of sp³-hybridized carbons (Fsp3) is 0.583. The van der Waals surface area contributed by atoms with E-state index in [1.165, 1.54) is 0 Å². The minimum absolute atomic E-state index is 0.0173. The molecule has 0 radical (unpaired) electrons. The molecule has 0 fully saturated rings. The third-order valence-electron chi connectivity index (χ3n) is 2.26. The van der Waals surface area contributed by atoms with Gasteiger partial charge in [0, 0.05) is 5.57 Å². The largest absolute Gasteiger partial charge is 0.293 e. The average Bonchev–Trinajstić information content (AvgIpc) is 2.12. The Kier molecular flexibility index (Phi) is 5.29. The van der Waals surface area contributed by atoms with E-state index in [1.807, 2.05) is 25.2 Å². The smallest absolute Gasteiger partial charge is 0.264 e. The van der Waals surface area contributed by atoms with Crippen molar-refractivity contribution in [1.29, 1.82) is 0 Å². The molecular weight excluding hydrogens is 188 g/mol. The number of nitrogens with zero attached hydrogens (tertiary/aromatic N) is 2. The third-order valence-corrected chi connectivity index (χ3v) is 2.26. The lowest BCUT2D eigenvalue weighted by atomic mass is 10.3. The van der Waals surface area contributed by atoms with Crippen LogP contribution in [0.25, 0.3) is 0 Å². The summed E-state index contributed by atoms with van der Waals surface area (Å²) in [6.45, 7) is 12.7. The van der Waals surface area contributed by atoms with E-state index in [0.717, 1.165) is 19.5 Å². The molecule has 86 valence electrons. The van der Waals surface area contributed by atoms with Crippen molar-refractivity contribution in [2.75, 3.05) is 27.2 Å². The highest BCUT2D eigenvalue weighted by molar-refractivity contribution is 5.91. The third kappa shape index (κ3) is 3.88. The molecule has 0 spiro atoms. The van der Waals surface area contributed by atoms with Crippen molar-refractivity contribution >= 4 is 5.91 Å². The standard InChI is InChI=1S/C12H23N2O/c1-7-9-13(12(15)11(3)4)14(5,6)10-8-2/h8H,2-3,7,9-10H2,1,4-6H3/q+1. The average molecular weight is 211 g/mol. The Bertz CT molecular complexity index is 256. The monoisotopic (exact) mass is 211 g/mol. The number of carbonyl (C=O) groups excluding carboxylic acids is 1. The molecule has 0 saturated carbocycles. The normalized spacial score (nSPS) is 10.9. The first-order valence-electron chi connectivity index (χ1n) is 5.28. The molecule has 0 aromatic rings. The molecule has 3 nitrogen and oxygen atoms in total. The summed E-state index contributed by atoms with van der Waals surface area (Å²) in [4.78, 5) is 11.9. The highest BCUT2D eigenvalue weighted by Crippen LogP contribution is 2.10. The van der Waals surface area contributed by atoms with Crippen LogP contribution in [-0.2, 0) is 4.79 Å². The van der Waals surface area contributed by atoms with Crippen molar-refractivity contribution < 1.29 is 9.39 Å². The zero-order chi connectivity index (χ0) is 12.1. The number of carbonyl (C=O) groups is 1. The number of hydrogen-bond donors (Lipinski definition) is 0. The van der Waals surface area contributed by atoms with Gasteiger partial charge in [0.1, 0.15) is 6.54 Å². The predicted octanol–water partition coefficient (Wildman–Crippen LogP) is 1.98. The fourth-order valence-corrected chi connectivity index (χ4v) is 1.46. The van der Waals surface area contributed by atoms with Crippen molar-refractivity contribution in [2.45, 2.75) is 20.3 Å². The molecule has 0 atom stereocenters. The molecule has 0 N–H and O–H groups in total. The number of quaternary nitrogens is 1. The van der Waals surface area contributed by atoms with E-state index < -0.39 is 0 Å². The fourth-order valence-electron chi connectivity index (χ4n) is 1.46. The topological polar surface area (TPSA) is 20.3 Å². The van der Waals surface area contributed by atoms with Gasteiger partial charge in [0.05, 0.1) is 20.6 Å². The lowest BCUT2D eigenvalue weighted by Gasteiger charge is -2.38. The van der Waals surface area contributed by atoms with Crippen LogP contribution >= 0.6 is 0 Å². The highest BCUT2D eigenvalue weighted by atomic mass is 16.2. The number of amides is 1. The molecule has 0 aliphatic heterocycles. The molecule has 0 unspecified atom stereocenters. The van der Waals surface area contributed by atoms with Crippen molar-refractivity contribution in [1.82, 2.24) is 5.01 Å². The van der Waals surface area contributed by atoms with E-state index in [1.54, 1.807) is 6.92 Å². The molecule has 0 heterocycles. The van der Waals surface area contributed by atoms with Crippen LogP contribution in [-0.4, -0.2) is 42.7 Å². The lowest BCUT2D eigenvalue weighted by Crippen LogP contribution is -2.57. The molecule has 0 bridgehead atoms. The summed E-state index contributed by atoms with van der Waals surface area (Å²) in [5, 5.41) is 1.82. The minimum atomic E-state index is 0.0173. The van der Waals surface area contributed by atoms with Crippen LogP contribution in [0.4, 0.5) is 0 Å². The first-order chi connectivity index (χ1) is 6.86. The summed E-state index contributed by atoms with van der Waals surface area (Å²) in [6, 6.07) is 0. The van der Waals surface area contributed by atoms with Gasteiger partial charge in [0.25, 0.3) is 5.91 Å². The van der Waals surface area contributed by atoms with Crippen LogP contribution < -0.4 is 0 Å². The second kappa shape index (κ2) is 5.71. The summed E-state index contributed by atoms with van der Waals surface area (Å²) in [5.74, 6) is 0.0173. The summed E-state index contributed by atoms with van der Waals surface area (Å²) < 4.78 is 0.503. The second-order valence-electron chi connectivity index (χ2n) is 4.30. The Morgan fingerprint density at radius 2 is 2.00 bits per heavy atom. The van der Waals surface area contributed by atoms with Gasteiger partial charge in [-0.3, -0.25) is 4.79 Å². The van der Waals surface area contributed by atoms with Crippen LogP contribution in [0.15, 0.2) is 24.8 Å². The molecule has 0 aromatic carbocycles.